The summed E-state index contributed by atoms with van der Waals surface area (Å²) in [5.74, 6) is -1.86. The minimum absolute atomic E-state index is 0.00259. The van der Waals surface area contributed by atoms with Crippen LogP contribution in [0.5, 0.6) is 0 Å². The van der Waals surface area contributed by atoms with Gasteiger partial charge in [0.05, 0.1) is 12.9 Å². The number of nitrogens with one attached hydrogen (secondary N) is 1. The van der Waals surface area contributed by atoms with Gasteiger partial charge in [0, 0.05) is 10.9 Å². The van der Waals surface area contributed by atoms with Crippen LogP contribution >= 0.6 is 11.3 Å². The Hall–Kier alpha value is -3.39. The molecule has 29 heavy (non-hydrogen) atoms. The zero-order valence-corrected chi connectivity index (χ0v) is 16.7. The van der Waals surface area contributed by atoms with E-state index in [9.17, 15) is 14.4 Å². The maximum Gasteiger partial charge on any atom is 0.374 e. The third-order valence-corrected chi connectivity index (χ3v) is 4.84. The predicted molar refractivity (Wildman–Crippen MR) is 108 cm³/mol. The van der Waals surface area contributed by atoms with Crippen molar-refractivity contribution in [2.45, 2.75) is 13.8 Å². The molecular formula is C21H19NO6S. The van der Waals surface area contributed by atoms with Gasteiger partial charge in [-0.25, -0.2) is 9.59 Å². The molecular weight excluding hydrogens is 394 g/mol. The zero-order chi connectivity index (χ0) is 20.8. The maximum absolute atomic E-state index is 12.5. The number of ether oxygens (including phenoxy) is 2. The van der Waals surface area contributed by atoms with E-state index in [2.05, 4.69) is 5.32 Å². The Bertz CT molecular complexity index is 1000. The molecule has 7 nitrogen and oxygen atoms in total. The highest BCUT2D eigenvalue weighted by molar-refractivity contribution is 7.15. The van der Waals surface area contributed by atoms with Crippen LogP contribution in [0.15, 0.2) is 52.5 Å². The molecule has 3 rings (SSSR count). The van der Waals surface area contributed by atoms with E-state index in [-0.39, 0.29) is 17.9 Å². The number of hydrogen-bond acceptors (Lipinski definition) is 7. The van der Waals surface area contributed by atoms with Gasteiger partial charge in [-0.1, -0.05) is 29.8 Å². The Kier molecular flexibility index (Phi) is 6.46. The number of carbonyl (C=O) groups is 3. The molecule has 3 aromatic rings. The topological polar surface area (TPSA) is 94.8 Å². The van der Waals surface area contributed by atoms with Crippen molar-refractivity contribution >= 4 is 34.2 Å². The molecule has 1 aromatic carbocycles. The number of carbonyl (C=O) groups excluding carboxylic acids is 3. The highest BCUT2D eigenvalue weighted by Gasteiger charge is 2.23. The number of amides is 1. The summed E-state index contributed by atoms with van der Waals surface area (Å²) in [4.78, 5) is 36.5. The van der Waals surface area contributed by atoms with Gasteiger partial charge in [-0.3, -0.25) is 4.79 Å². The van der Waals surface area contributed by atoms with Crippen LogP contribution in [0.25, 0.3) is 11.1 Å². The number of hydrogen-bond donors (Lipinski definition) is 1. The van der Waals surface area contributed by atoms with Crippen molar-refractivity contribution in [3.8, 4) is 11.1 Å². The number of benzene rings is 1. The summed E-state index contributed by atoms with van der Waals surface area (Å²) in [6.07, 6.45) is 1.33. The van der Waals surface area contributed by atoms with E-state index >= 15 is 0 Å². The van der Waals surface area contributed by atoms with Gasteiger partial charge in [-0.15, -0.1) is 11.3 Å². The fraction of sp³-hybridized carbons (Fsp3) is 0.190. The van der Waals surface area contributed by atoms with Crippen LogP contribution in [-0.4, -0.2) is 31.1 Å². The second kappa shape index (κ2) is 9.20. The van der Waals surface area contributed by atoms with Crippen LogP contribution in [0.4, 0.5) is 5.00 Å². The third kappa shape index (κ3) is 4.91. The first-order valence-electron chi connectivity index (χ1n) is 8.85. The van der Waals surface area contributed by atoms with E-state index in [1.807, 2.05) is 31.2 Å². The van der Waals surface area contributed by atoms with E-state index in [1.165, 1.54) is 23.7 Å². The Morgan fingerprint density at radius 3 is 2.48 bits per heavy atom. The van der Waals surface area contributed by atoms with Gasteiger partial charge in [0.2, 0.25) is 5.76 Å². The van der Waals surface area contributed by atoms with Crippen molar-refractivity contribution in [2.75, 3.05) is 18.5 Å². The standard InChI is InChI=1S/C21H19NO6S/c1-3-26-21(25)18-15(14-8-6-13(2)7-9-14)12-29-19(18)22-17(23)11-28-20(24)16-5-4-10-27-16/h4-10,12H,3,11H2,1-2H3,(H,22,23). The second-order valence-corrected chi connectivity index (χ2v) is 6.92. The first-order valence-corrected chi connectivity index (χ1v) is 9.73. The first kappa shape index (κ1) is 20.3. The van der Waals surface area contributed by atoms with Crippen LogP contribution in [0, 0.1) is 6.92 Å². The number of aryl methyl sites for hydroxylation is 1. The number of esters is 2. The van der Waals surface area contributed by atoms with E-state index in [4.69, 9.17) is 13.9 Å². The van der Waals surface area contributed by atoms with E-state index in [0.29, 0.717) is 10.6 Å². The molecule has 0 radical (unpaired) electrons. The van der Waals surface area contributed by atoms with Crippen molar-refractivity contribution in [1.82, 2.24) is 0 Å². The van der Waals surface area contributed by atoms with Crippen LogP contribution in [0.2, 0.25) is 0 Å². The van der Waals surface area contributed by atoms with Crippen LogP contribution in [0.3, 0.4) is 0 Å². The summed E-state index contributed by atoms with van der Waals surface area (Å²) >= 11 is 1.20. The first-order chi connectivity index (χ1) is 14.0. The smallest absolute Gasteiger partial charge is 0.374 e. The van der Waals surface area contributed by atoms with E-state index in [1.54, 1.807) is 18.4 Å². The van der Waals surface area contributed by atoms with Gasteiger partial charge in [0.15, 0.2) is 6.61 Å². The lowest BCUT2D eigenvalue weighted by Gasteiger charge is -2.09. The average molecular weight is 413 g/mol. The van der Waals surface area contributed by atoms with Gasteiger partial charge in [0.25, 0.3) is 5.91 Å². The SMILES string of the molecule is CCOC(=O)c1c(-c2ccc(C)cc2)csc1NC(=O)COC(=O)c1ccco1. The lowest BCUT2D eigenvalue weighted by Crippen LogP contribution is -2.21. The normalized spacial score (nSPS) is 10.4. The quantitative estimate of drug-likeness (QED) is 0.581. The highest BCUT2D eigenvalue weighted by Crippen LogP contribution is 2.36. The fourth-order valence-corrected chi connectivity index (χ4v) is 3.53. The van der Waals surface area contributed by atoms with Crippen molar-refractivity contribution in [2.24, 2.45) is 0 Å². The molecule has 0 aliphatic rings. The molecule has 2 heterocycles. The maximum atomic E-state index is 12.5. The zero-order valence-electron chi connectivity index (χ0n) is 15.9. The van der Waals surface area contributed by atoms with E-state index in [0.717, 1.165) is 11.1 Å². The Morgan fingerprint density at radius 2 is 1.83 bits per heavy atom. The highest BCUT2D eigenvalue weighted by atomic mass is 32.1. The Morgan fingerprint density at radius 1 is 1.07 bits per heavy atom. The van der Waals surface area contributed by atoms with Gasteiger partial charge >= 0.3 is 11.9 Å². The molecule has 1 N–H and O–H groups in total. The number of rotatable bonds is 7. The average Bonchev–Trinajstić information content (AvgIpc) is 3.37. The number of thiophene rings is 1. The summed E-state index contributed by atoms with van der Waals surface area (Å²) < 4.78 is 15.0. The predicted octanol–water partition coefficient (Wildman–Crippen LogP) is 4.29. The van der Waals surface area contributed by atoms with Crippen molar-refractivity contribution in [3.05, 3.63) is 64.9 Å². The molecule has 0 bridgehead atoms. The van der Waals surface area contributed by atoms with Crippen molar-refractivity contribution < 1.29 is 28.3 Å². The molecule has 1 amide bonds. The summed E-state index contributed by atoms with van der Waals surface area (Å²) in [5.41, 5.74) is 2.86. The third-order valence-electron chi connectivity index (χ3n) is 3.94. The minimum atomic E-state index is -0.748. The largest absolute Gasteiger partial charge is 0.462 e. The van der Waals surface area contributed by atoms with Crippen LogP contribution in [-0.2, 0) is 14.3 Å². The molecule has 0 atom stereocenters. The Balaban J connectivity index is 1.77. The molecule has 0 fully saturated rings. The summed E-state index contributed by atoms with van der Waals surface area (Å²) in [6.45, 7) is 3.37. The monoisotopic (exact) mass is 413 g/mol. The van der Waals surface area contributed by atoms with Gasteiger partial charge < -0.3 is 19.2 Å². The summed E-state index contributed by atoms with van der Waals surface area (Å²) in [6, 6.07) is 10.7. The molecule has 0 saturated heterocycles. The van der Waals surface area contributed by atoms with Gasteiger partial charge in [-0.05, 0) is 31.5 Å². The minimum Gasteiger partial charge on any atom is -0.462 e. The molecule has 0 aliphatic heterocycles. The Labute approximate surface area is 171 Å². The molecule has 0 aliphatic carbocycles. The lowest BCUT2D eigenvalue weighted by atomic mass is 10.0. The van der Waals surface area contributed by atoms with Crippen LogP contribution in [0.1, 0.15) is 33.4 Å². The van der Waals surface area contributed by atoms with Crippen LogP contribution < -0.4 is 5.32 Å². The number of anilines is 1. The molecule has 0 unspecified atom stereocenters. The second-order valence-electron chi connectivity index (χ2n) is 6.04. The van der Waals surface area contributed by atoms with Gasteiger partial charge in [-0.2, -0.15) is 0 Å². The van der Waals surface area contributed by atoms with Crippen molar-refractivity contribution in [3.63, 3.8) is 0 Å². The molecule has 150 valence electrons. The lowest BCUT2D eigenvalue weighted by molar-refractivity contribution is -0.119. The molecule has 8 heteroatoms. The number of furan rings is 1. The fourth-order valence-electron chi connectivity index (χ4n) is 2.56. The summed E-state index contributed by atoms with van der Waals surface area (Å²) in [7, 11) is 0. The molecule has 0 saturated carbocycles. The van der Waals surface area contributed by atoms with Crippen molar-refractivity contribution in [1.29, 1.82) is 0 Å². The molecule has 2 aromatic heterocycles. The molecule has 0 spiro atoms. The van der Waals surface area contributed by atoms with Gasteiger partial charge in [0.1, 0.15) is 10.6 Å². The summed E-state index contributed by atoms with van der Waals surface area (Å²) in [5, 5.41) is 4.73. The van der Waals surface area contributed by atoms with E-state index < -0.39 is 24.5 Å².